The van der Waals surface area contributed by atoms with Gasteiger partial charge in [0.15, 0.2) is 5.82 Å². The van der Waals surface area contributed by atoms with Gasteiger partial charge >= 0.3 is 0 Å². The summed E-state index contributed by atoms with van der Waals surface area (Å²) in [6.45, 7) is 4.16. The first-order chi connectivity index (χ1) is 11.1. The number of nitrogens with zero attached hydrogens (tertiary/aromatic N) is 5. The van der Waals surface area contributed by atoms with Crippen LogP contribution in [0.5, 0.6) is 0 Å². The van der Waals surface area contributed by atoms with E-state index < -0.39 is 0 Å². The average Bonchev–Trinajstić information content (AvgIpc) is 3.06. The van der Waals surface area contributed by atoms with Gasteiger partial charge in [-0.05, 0) is 25.0 Å². The van der Waals surface area contributed by atoms with Crippen LogP contribution in [0.25, 0.3) is 0 Å². The monoisotopic (exact) mass is 312 g/mol. The van der Waals surface area contributed by atoms with E-state index in [4.69, 9.17) is 0 Å². The molecule has 1 atom stereocenters. The Morgan fingerprint density at radius 3 is 2.87 bits per heavy atom. The number of para-hydroxylation sites is 1. The maximum atomic E-state index is 12.8. The molecule has 7 heteroatoms. The second-order valence-electron chi connectivity index (χ2n) is 6.90. The van der Waals surface area contributed by atoms with Crippen LogP contribution >= 0.6 is 0 Å². The minimum absolute atomic E-state index is 0.0183. The minimum Gasteiger partial charge on any atom is -0.374 e. The summed E-state index contributed by atoms with van der Waals surface area (Å²) in [6, 6.07) is 8.32. The van der Waals surface area contributed by atoms with Crippen molar-refractivity contribution in [1.82, 2.24) is 25.5 Å². The van der Waals surface area contributed by atoms with Crippen LogP contribution in [0.1, 0.15) is 18.3 Å². The van der Waals surface area contributed by atoms with Gasteiger partial charge < -0.3 is 9.80 Å². The topological polar surface area (TPSA) is 78.0 Å². The highest BCUT2D eigenvalue weighted by Crippen LogP contribution is 2.35. The number of nitrogens with one attached hydrogen (secondary N) is 1. The average molecular weight is 312 g/mol. The summed E-state index contributed by atoms with van der Waals surface area (Å²) >= 11 is 0. The van der Waals surface area contributed by atoms with Crippen molar-refractivity contribution in [3.8, 4) is 0 Å². The molecular weight excluding hydrogens is 292 g/mol. The summed E-state index contributed by atoms with van der Waals surface area (Å²) in [7, 11) is 2.05. The molecule has 1 N–H and O–H groups in total. The summed E-state index contributed by atoms with van der Waals surface area (Å²) < 4.78 is 0. The number of aromatic nitrogens is 4. The molecule has 3 heterocycles. The Morgan fingerprint density at radius 1 is 1.35 bits per heavy atom. The van der Waals surface area contributed by atoms with E-state index in [1.54, 1.807) is 0 Å². The van der Waals surface area contributed by atoms with Crippen LogP contribution in [0.2, 0.25) is 0 Å². The van der Waals surface area contributed by atoms with E-state index in [-0.39, 0.29) is 17.2 Å². The molecule has 23 heavy (non-hydrogen) atoms. The summed E-state index contributed by atoms with van der Waals surface area (Å²) in [6.07, 6.45) is 0.814. The van der Waals surface area contributed by atoms with Gasteiger partial charge in [0, 0.05) is 32.4 Å². The molecule has 0 aliphatic carbocycles. The first kappa shape index (κ1) is 14.2. The molecule has 0 radical (unpaired) electrons. The molecule has 120 valence electrons. The summed E-state index contributed by atoms with van der Waals surface area (Å²) in [5, 5.41) is 14.2. The van der Waals surface area contributed by atoms with E-state index in [9.17, 15) is 4.79 Å². The maximum absolute atomic E-state index is 12.8. The van der Waals surface area contributed by atoms with Gasteiger partial charge in [-0.3, -0.25) is 4.79 Å². The highest BCUT2D eigenvalue weighted by molar-refractivity contribution is 5.82. The van der Waals surface area contributed by atoms with Gasteiger partial charge in [0.25, 0.3) is 0 Å². The predicted molar refractivity (Wildman–Crippen MR) is 85.0 cm³/mol. The molecule has 1 aromatic heterocycles. The first-order valence-electron chi connectivity index (χ1n) is 7.88. The third kappa shape index (κ3) is 2.27. The zero-order valence-corrected chi connectivity index (χ0v) is 13.4. The first-order valence-corrected chi connectivity index (χ1v) is 7.88. The number of likely N-dealkylation sites (tertiary alicyclic amines) is 1. The lowest BCUT2D eigenvalue weighted by atomic mass is 9.79. The smallest absolute Gasteiger partial charge is 0.227 e. The summed E-state index contributed by atoms with van der Waals surface area (Å²) in [5.74, 6) is 0.935. The van der Waals surface area contributed by atoms with Crippen LogP contribution in [0.3, 0.4) is 0 Å². The Morgan fingerprint density at radius 2 is 2.13 bits per heavy atom. The Kier molecular flexibility index (Phi) is 3.11. The van der Waals surface area contributed by atoms with Gasteiger partial charge in [-0.1, -0.05) is 23.4 Å². The normalized spacial score (nSPS) is 22.4. The van der Waals surface area contributed by atoms with Gasteiger partial charge in [-0.25, -0.2) is 0 Å². The maximum Gasteiger partial charge on any atom is 0.227 e. The second-order valence-corrected chi connectivity index (χ2v) is 6.90. The fraction of sp³-hybridized carbons (Fsp3) is 0.500. The number of hydrogen-bond acceptors (Lipinski definition) is 5. The van der Waals surface area contributed by atoms with Crippen LogP contribution < -0.4 is 4.90 Å². The SMILES string of the molecule is CN1CC(C(=O)N2CC(C)(c3nn[nH]n3)C2)Cc2ccccc21. The van der Waals surface area contributed by atoms with Gasteiger partial charge in [0.1, 0.15) is 0 Å². The molecular formula is C16H20N6O. The van der Waals surface area contributed by atoms with Gasteiger partial charge in [0.2, 0.25) is 5.91 Å². The van der Waals surface area contributed by atoms with E-state index in [0.29, 0.717) is 18.9 Å². The van der Waals surface area contributed by atoms with Crippen molar-refractivity contribution in [3.05, 3.63) is 35.7 Å². The molecule has 1 aromatic carbocycles. The zero-order chi connectivity index (χ0) is 16.0. The fourth-order valence-corrected chi connectivity index (χ4v) is 3.75. The van der Waals surface area contributed by atoms with Crippen molar-refractivity contribution < 1.29 is 4.79 Å². The van der Waals surface area contributed by atoms with Crippen molar-refractivity contribution in [2.24, 2.45) is 5.92 Å². The van der Waals surface area contributed by atoms with Crippen LogP contribution in [0.4, 0.5) is 5.69 Å². The standard InChI is InChI=1S/C16H20N6O/c1-16(15-17-19-20-18-15)9-22(10-16)14(23)12-7-11-5-3-4-6-13(11)21(2)8-12/h3-6,12H,7-10H2,1-2H3,(H,17,18,19,20). The van der Waals surface area contributed by atoms with Gasteiger partial charge in [-0.2, -0.15) is 5.21 Å². The van der Waals surface area contributed by atoms with E-state index in [1.165, 1.54) is 11.3 Å². The molecule has 0 spiro atoms. The van der Waals surface area contributed by atoms with Gasteiger partial charge in [0.05, 0.1) is 11.3 Å². The predicted octanol–water partition coefficient (Wildman–Crippen LogP) is 0.608. The third-order valence-electron chi connectivity index (χ3n) is 4.99. The molecule has 1 saturated heterocycles. The number of aromatic amines is 1. The third-order valence-corrected chi connectivity index (χ3v) is 4.99. The quantitative estimate of drug-likeness (QED) is 0.879. The lowest BCUT2D eigenvalue weighted by molar-refractivity contribution is -0.143. The molecule has 4 rings (SSSR count). The van der Waals surface area contributed by atoms with Gasteiger partial charge in [-0.15, -0.1) is 10.2 Å². The van der Waals surface area contributed by atoms with Crippen molar-refractivity contribution >= 4 is 11.6 Å². The largest absolute Gasteiger partial charge is 0.374 e. The summed E-state index contributed by atoms with van der Waals surface area (Å²) in [4.78, 5) is 16.9. The van der Waals surface area contributed by atoms with E-state index in [2.05, 4.69) is 51.6 Å². The molecule has 2 aliphatic rings. The lowest BCUT2D eigenvalue weighted by Gasteiger charge is -2.48. The molecule has 2 aliphatic heterocycles. The van der Waals surface area contributed by atoms with Crippen molar-refractivity contribution in [2.45, 2.75) is 18.8 Å². The molecule has 0 bridgehead atoms. The van der Waals surface area contributed by atoms with Crippen molar-refractivity contribution in [3.63, 3.8) is 0 Å². The number of amides is 1. The van der Waals surface area contributed by atoms with Crippen LogP contribution in [-0.2, 0) is 16.6 Å². The Labute approximate surface area is 134 Å². The fourth-order valence-electron chi connectivity index (χ4n) is 3.75. The summed E-state index contributed by atoms with van der Waals surface area (Å²) in [5.41, 5.74) is 2.30. The van der Waals surface area contributed by atoms with Crippen LogP contribution in [0, 0.1) is 5.92 Å². The Balaban J connectivity index is 1.46. The number of tetrazole rings is 1. The molecule has 7 nitrogen and oxygen atoms in total. The Bertz CT molecular complexity index is 722. The van der Waals surface area contributed by atoms with Crippen LogP contribution in [-0.4, -0.2) is 58.1 Å². The lowest BCUT2D eigenvalue weighted by Crippen LogP contribution is -2.62. The number of fused-ring (bicyclic) bond motifs is 1. The van der Waals surface area contributed by atoms with Crippen LogP contribution in [0.15, 0.2) is 24.3 Å². The van der Waals surface area contributed by atoms with E-state index >= 15 is 0 Å². The number of carbonyl (C=O) groups is 1. The van der Waals surface area contributed by atoms with Crippen molar-refractivity contribution in [2.75, 3.05) is 31.6 Å². The van der Waals surface area contributed by atoms with E-state index in [1.807, 2.05) is 17.0 Å². The number of anilines is 1. The number of hydrogen-bond donors (Lipinski definition) is 1. The number of H-pyrrole nitrogens is 1. The number of rotatable bonds is 2. The van der Waals surface area contributed by atoms with E-state index in [0.717, 1.165) is 13.0 Å². The molecule has 1 unspecified atom stereocenters. The second kappa shape index (κ2) is 5.04. The molecule has 0 saturated carbocycles. The zero-order valence-electron chi connectivity index (χ0n) is 13.4. The van der Waals surface area contributed by atoms with Crippen molar-refractivity contribution in [1.29, 1.82) is 0 Å². The molecule has 2 aromatic rings. The minimum atomic E-state index is -0.179. The highest BCUT2D eigenvalue weighted by Gasteiger charge is 2.47. The highest BCUT2D eigenvalue weighted by atomic mass is 16.2. The number of benzene rings is 1. The molecule has 1 fully saturated rings. The Hall–Kier alpha value is -2.44. The number of carbonyl (C=O) groups excluding carboxylic acids is 1. The molecule has 1 amide bonds.